The monoisotopic (exact) mass is 214 g/mol. The molecule has 0 fully saturated rings. The Labute approximate surface area is 88.7 Å². The maximum Gasteiger partial charge on any atom is 0.271 e. The van der Waals surface area contributed by atoms with Crippen molar-refractivity contribution in [1.29, 1.82) is 0 Å². The first-order chi connectivity index (χ1) is 6.69. The number of nitrogens with zero attached hydrogens (tertiary/aromatic N) is 2. The summed E-state index contributed by atoms with van der Waals surface area (Å²) < 4.78 is 1.51. The van der Waals surface area contributed by atoms with Crippen molar-refractivity contribution in [1.82, 2.24) is 9.78 Å². The molecule has 0 amide bonds. The van der Waals surface area contributed by atoms with E-state index >= 15 is 0 Å². The van der Waals surface area contributed by atoms with Crippen molar-refractivity contribution in [3.8, 4) is 0 Å². The molecule has 1 heterocycles. The number of hydrogen-bond donors (Lipinski definition) is 0. The number of hydrogen-bond acceptors (Lipinski definition) is 2. The van der Waals surface area contributed by atoms with Gasteiger partial charge in [-0.2, -0.15) is 5.10 Å². The van der Waals surface area contributed by atoms with Crippen LogP contribution in [0.25, 0.3) is 0 Å². The van der Waals surface area contributed by atoms with E-state index in [4.69, 9.17) is 11.6 Å². The average molecular weight is 215 g/mol. The lowest BCUT2D eigenvalue weighted by Gasteiger charge is -2.06. The molecule has 0 bridgehead atoms. The van der Waals surface area contributed by atoms with Crippen LogP contribution in [0.5, 0.6) is 0 Å². The number of alkyl halides is 1. The second kappa shape index (κ2) is 5.15. The van der Waals surface area contributed by atoms with Crippen LogP contribution in [-0.4, -0.2) is 9.78 Å². The van der Waals surface area contributed by atoms with Gasteiger partial charge in [-0.25, -0.2) is 4.68 Å². The van der Waals surface area contributed by atoms with Gasteiger partial charge in [0, 0.05) is 12.1 Å². The van der Waals surface area contributed by atoms with E-state index in [1.807, 2.05) is 6.92 Å². The summed E-state index contributed by atoms with van der Waals surface area (Å²) in [7, 11) is 0. The fourth-order valence-electron chi connectivity index (χ4n) is 1.30. The topological polar surface area (TPSA) is 34.9 Å². The molecular formula is C10H15ClN2O. The molecule has 1 rings (SSSR count). The Balaban J connectivity index is 3.03. The zero-order valence-corrected chi connectivity index (χ0v) is 9.34. The summed E-state index contributed by atoms with van der Waals surface area (Å²) in [6.07, 6.45) is 2.02. The molecule has 0 saturated carbocycles. The van der Waals surface area contributed by atoms with Gasteiger partial charge in [-0.1, -0.05) is 13.3 Å². The predicted octanol–water partition coefficient (Wildman–Crippen LogP) is 2.09. The van der Waals surface area contributed by atoms with Crippen LogP contribution in [0.4, 0.5) is 0 Å². The van der Waals surface area contributed by atoms with Crippen LogP contribution in [0, 0.1) is 6.92 Å². The summed E-state index contributed by atoms with van der Waals surface area (Å²) in [6.45, 7) is 4.64. The van der Waals surface area contributed by atoms with E-state index in [-0.39, 0.29) is 11.4 Å². The molecule has 0 aliphatic rings. The van der Waals surface area contributed by atoms with E-state index in [1.54, 1.807) is 6.07 Å². The highest BCUT2D eigenvalue weighted by molar-refractivity contribution is 6.17. The van der Waals surface area contributed by atoms with E-state index in [0.29, 0.717) is 12.1 Å². The molecule has 0 aliphatic heterocycles. The number of aryl methyl sites for hydroxylation is 2. The average Bonchev–Trinajstić information content (AvgIpc) is 2.18. The number of halogens is 1. The van der Waals surface area contributed by atoms with Crippen molar-refractivity contribution in [2.75, 3.05) is 0 Å². The molecule has 0 atom stereocenters. The summed E-state index contributed by atoms with van der Waals surface area (Å²) in [5.41, 5.74) is 1.42. The third-order valence-corrected chi connectivity index (χ3v) is 2.33. The highest BCUT2D eigenvalue weighted by Crippen LogP contribution is 2.00. The quantitative estimate of drug-likeness (QED) is 0.720. The second-order valence-corrected chi connectivity index (χ2v) is 3.59. The highest BCUT2D eigenvalue weighted by Gasteiger charge is 2.04. The highest BCUT2D eigenvalue weighted by atomic mass is 35.5. The smallest absolute Gasteiger partial charge is 0.267 e. The van der Waals surface area contributed by atoms with Gasteiger partial charge in [0.25, 0.3) is 5.56 Å². The van der Waals surface area contributed by atoms with Gasteiger partial charge in [-0.05, 0) is 19.4 Å². The molecule has 0 radical (unpaired) electrons. The Kier molecular flexibility index (Phi) is 4.14. The van der Waals surface area contributed by atoms with Crippen LogP contribution in [0.2, 0.25) is 0 Å². The SMILES string of the molecule is CCCCn1nc(C)cc(CCl)c1=O. The largest absolute Gasteiger partial charge is 0.271 e. The molecule has 0 unspecified atom stereocenters. The lowest BCUT2D eigenvalue weighted by molar-refractivity contribution is 0.534. The summed E-state index contributed by atoms with van der Waals surface area (Å²) in [6, 6.07) is 1.75. The van der Waals surface area contributed by atoms with Crippen molar-refractivity contribution in [2.45, 2.75) is 39.1 Å². The van der Waals surface area contributed by atoms with Crippen molar-refractivity contribution in [2.24, 2.45) is 0 Å². The molecule has 0 aliphatic carbocycles. The lowest BCUT2D eigenvalue weighted by atomic mass is 10.3. The molecule has 3 nitrogen and oxygen atoms in total. The van der Waals surface area contributed by atoms with Crippen LogP contribution >= 0.6 is 11.6 Å². The van der Waals surface area contributed by atoms with Crippen molar-refractivity contribution < 1.29 is 0 Å². The third-order valence-electron chi connectivity index (χ3n) is 2.04. The number of unbranched alkanes of at least 4 members (excludes halogenated alkanes) is 1. The Morgan fingerprint density at radius 3 is 2.86 bits per heavy atom. The molecule has 0 aromatic carbocycles. The van der Waals surface area contributed by atoms with E-state index in [0.717, 1.165) is 18.5 Å². The van der Waals surface area contributed by atoms with Crippen LogP contribution in [0.1, 0.15) is 31.0 Å². The Morgan fingerprint density at radius 2 is 2.29 bits per heavy atom. The van der Waals surface area contributed by atoms with Crippen molar-refractivity contribution >= 4 is 11.6 Å². The first-order valence-corrected chi connectivity index (χ1v) is 5.36. The third kappa shape index (κ3) is 2.58. The molecule has 1 aromatic rings. The van der Waals surface area contributed by atoms with Gasteiger partial charge >= 0.3 is 0 Å². The van der Waals surface area contributed by atoms with E-state index in [9.17, 15) is 4.79 Å². The molecule has 4 heteroatoms. The molecule has 14 heavy (non-hydrogen) atoms. The summed E-state index contributed by atoms with van der Waals surface area (Å²) in [5, 5.41) is 4.16. The van der Waals surface area contributed by atoms with Gasteiger partial charge in [0.1, 0.15) is 0 Å². The normalized spacial score (nSPS) is 10.5. The van der Waals surface area contributed by atoms with E-state index < -0.39 is 0 Å². The number of rotatable bonds is 4. The fraction of sp³-hybridized carbons (Fsp3) is 0.600. The summed E-state index contributed by atoms with van der Waals surface area (Å²) in [4.78, 5) is 11.7. The molecule has 78 valence electrons. The molecular weight excluding hydrogens is 200 g/mol. The van der Waals surface area contributed by atoms with Gasteiger partial charge in [-0.3, -0.25) is 4.79 Å². The molecule has 0 saturated heterocycles. The zero-order chi connectivity index (χ0) is 10.6. The first-order valence-electron chi connectivity index (χ1n) is 4.82. The zero-order valence-electron chi connectivity index (χ0n) is 8.59. The fourth-order valence-corrected chi connectivity index (χ4v) is 1.49. The van der Waals surface area contributed by atoms with Crippen molar-refractivity contribution in [3.63, 3.8) is 0 Å². The van der Waals surface area contributed by atoms with Gasteiger partial charge in [-0.15, -0.1) is 11.6 Å². The van der Waals surface area contributed by atoms with E-state index in [2.05, 4.69) is 12.0 Å². The maximum absolute atomic E-state index is 11.7. The number of aromatic nitrogens is 2. The molecule has 1 aromatic heterocycles. The van der Waals surface area contributed by atoms with Gasteiger partial charge in [0.15, 0.2) is 0 Å². The Morgan fingerprint density at radius 1 is 1.57 bits per heavy atom. The Hall–Kier alpha value is -0.830. The lowest BCUT2D eigenvalue weighted by Crippen LogP contribution is -2.26. The van der Waals surface area contributed by atoms with Crippen LogP contribution in [0.15, 0.2) is 10.9 Å². The maximum atomic E-state index is 11.7. The van der Waals surface area contributed by atoms with Crippen LogP contribution in [-0.2, 0) is 12.4 Å². The second-order valence-electron chi connectivity index (χ2n) is 3.33. The van der Waals surface area contributed by atoms with Gasteiger partial charge in [0.05, 0.1) is 11.6 Å². The predicted molar refractivity (Wildman–Crippen MR) is 57.7 cm³/mol. The van der Waals surface area contributed by atoms with Crippen LogP contribution < -0.4 is 5.56 Å². The first kappa shape index (κ1) is 11.2. The molecule has 0 N–H and O–H groups in total. The minimum absolute atomic E-state index is 0.0564. The standard InChI is InChI=1S/C10H15ClN2O/c1-3-4-5-13-10(14)9(7-11)6-8(2)12-13/h6H,3-5,7H2,1-2H3. The summed E-state index contributed by atoms with van der Waals surface area (Å²) >= 11 is 5.67. The van der Waals surface area contributed by atoms with E-state index in [1.165, 1.54) is 4.68 Å². The molecule has 0 spiro atoms. The minimum atomic E-state index is -0.0564. The minimum Gasteiger partial charge on any atom is -0.267 e. The van der Waals surface area contributed by atoms with Crippen molar-refractivity contribution in [3.05, 3.63) is 27.7 Å². The van der Waals surface area contributed by atoms with Gasteiger partial charge in [0.2, 0.25) is 0 Å². The summed E-state index contributed by atoms with van der Waals surface area (Å²) in [5.74, 6) is 0.258. The van der Waals surface area contributed by atoms with Crippen LogP contribution in [0.3, 0.4) is 0 Å². The van der Waals surface area contributed by atoms with Gasteiger partial charge < -0.3 is 0 Å². The Bertz CT molecular complexity index is 360.